The summed E-state index contributed by atoms with van der Waals surface area (Å²) in [6.45, 7) is 1.40. The Morgan fingerprint density at radius 3 is 2.75 bits per heavy atom. The summed E-state index contributed by atoms with van der Waals surface area (Å²) in [6.07, 6.45) is 0.945. The number of nitrogens with one attached hydrogen (secondary N) is 1. The quantitative estimate of drug-likeness (QED) is 0.825. The number of benzene rings is 1. The maximum absolute atomic E-state index is 6.18. The van der Waals surface area contributed by atoms with E-state index in [0.717, 1.165) is 24.5 Å². The number of hydrogen-bond acceptors (Lipinski definition) is 3. The highest BCUT2D eigenvalue weighted by Gasteiger charge is 2.23. The van der Waals surface area contributed by atoms with E-state index in [-0.39, 0.29) is 11.4 Å². The van der Waals surface area contributed by atoms with E-state index >= 15 is 0 Å². The van der Waals surface area contributed by atoms with E-state index in [4.69, 9.17) is 21.1 Å². The van der Waals surface area contributed by atoms with Gasteiger partial charge in [-0.05, 0) is 30.7 Å². The van der Waals surface area contributed by atoms with Crippen LogP contribution in [0.5, 0.6) is 5.75 Å². The highest BCUT2D eigenvalue weighted by Crippen LogP contribution is 2.21. The maximum atomic E-state index is 6.18. The van der Waals surface area contributed by atoms with Gasteiger partial charge in [-0.25, -0.2) is 0 Å². The molecule has 0 aromatic heterocycles. The summed E-state index contributed by atoms with van der Waals surface area (Å²) < 4.78 is 10.4. The minimum atomic E-state index is 0.0378. The third kappa shape index (κ3) is 2.80. The maximum Gasteiger partial charge on any atom is 0.119 e. The van der Waals surface area contributed by atoms with E-state index in [1.54, 1.807) is 7.11 Å². The molecule has 2 unspecified atom stereocenters. The van der Waals surface area contributed by atoms with Crippen LogP contribution in [0.15, 0.2) is 24.3 Å². The van der Waals surface area contributed by atoms with Crippen molar-refractivity contribution in [2.45, 2.75) is 17.8 Å². The minimum Gasteiger partial charge on any atom is -0.497 e. The average molecular weight is 242 g/mol. The fourth-order valence-electron chi connectivity index (χ4n) is 1.77. The van der Waals surface area contributed by atoms with Crippen molar-refractivity contribution in [2.75, 3.05) is 25.6 Å². The summed E-state index contributed by atoms with van der Waals surface area (Å²) in [6, 6.07) is 8.15. The fraction of sp³-hybridized carbons (Fsp3) is 0.500. The van der Waals surface area contributed by atoms with Crippen LogP contribution in [0.1, 0.15) is 6.42 Å². The Morgan fingerprint density at radius 2 is 2.12 bits per heavy atom. The fourth-order valence-corrected chi connectivity index (χ4v) is 2.05. The second kappa shape index (κ2) is 5.41. The van der Waals surface area contributed by atoms with Crippen LogP contribution in [0.25, 0.3) is 0 Å². The van der Waals surface area contributed by atoms with Crippen LogP contribution in [0.2, 0.25) is 0 Å². The van der Waals surface area contributed by atoms with Gasteiger partial charge in [-0.15, -0.1) is 11.6 Å². The third-order valence-corrected chi connectivity index (χ3v) is 3.16. The average Bonchev–Trinajstić information content (AvgIpc) is 2.33. The largest absolute Gasteiger partial charge is 0.497 e. The summed E-state index contributed by atoms with van der Waals surface area (Å²) >= 11 is 6.18. The Hall–Kier alpha value is -0.930. The van der Waals surface area contributed by atoms with E-state index in [0.29, 0.717) is 6.61 Å². The van der Waals surface area contributed by atoms with Gasteiger partial charge in [-0.1, -0.05) is 0 Å². The van der Waals surface area contributed by atoms with E-state index in [2.05, 4.69) is 5.32 Å². The molecule has 1 aliphatic rings. The smallest absolute Gasteiger partial charge is 0.119 e. The lowest BCUT2D eigenvalue weighted by Gasteiger charge is -2.28. The molecule has 2 atom stereocenters. The Bertz CT molecular complexity index is 328. The first kappa shape index (κ1) is 11.6. The van der Waals surface area contributed by atoms with Crippen LogP contribution >= 0.6 is 11.6 Å². The molecule has 0 saturated carbocycles. The Kier molecular flexibility index (Phi) is 3.91. The van der Waals surface area contributed by atoms with Gasteiger partial charge in [-0.3, -0.25) is 0 Å². The molecule has 3 nitrogen and oxygen atoms in total. The molecule has 0 spiro atoms. The molecule has 1 fully saturated rings. The van der Waals surface area contributed by atoms with E-state index in [1.165, 1.54) is 0 Å². The van der Waals surface area contributed by atoms with Crippen LogP contribution in [0.4, 0.5) is 5.69 Å². The van der Waals surface area contributed by atoms with Gasteiger partial charge in [0.25, 0.3) is 0 Å². The van der Waals surface area contributed by atoms with Crippen molar-refractivity contribution in [3.63, 3.8) is 0 Å². The summed E-state index contributed by atoms with van der Waals surface area (Å²) in [5.41, 5.74) is 1.07. The van der Waals surface area contributed by atoms with Gasteiger partial charge in [0.05, 0.1) is 19.1 Å². The first-order valence-electron chi connectivity index (χ1n) is 5.42. The van der Waals surface area contributed by atoms with Crippen molar-refractivity contribution in [1.29, 1.82) is 0 Å². The molecule has 2 rings (SSSR count). The van der Waals surface area contributed by atoms with Gasteiger partial charge in [0, 0.05) is 18.3 Å². The molecule has 0 radical (unpaired) electrons. The highest BCUT2D eigenvalue weighted by atomic mass is 35.5. The molecule has 88 valence electrons. The van der Waals surface area contributed by atoms with Gasteiger partial charge in [0.2, 0.25) is 0 Å². The van der Waals surface area contributed by atoms with Gasteiger partial charge in [-0.2, -0.15) is 0 Å². The Morgan fingerprint density at radius 1 is 1.38 bits per heavy atom. The van der Waals surface area contributed by atoms with Gasteiger partial charge in [0.15, 0.2) is 0 Å². The van der Waals surface area contributed by atoms with Crippen molar-refractivity contribution in [1.82, 2.24) is 0 Å². The normalized spacial score (nSPS) is 25.1. The van der Waals surface area contributed by atoms with Gasteiger partial charge < -0.3 is 14.8 Å². The number of ether oxygens (including phenoxy) is 2. The van der Waals surface area contributed by atoms with Crippen LogP contribution in [-0.2, 0) is 4.74 Å². The topological polar surface area (TPSA) is 30.5 Å². The van der Waals surface area contributed by atoms with Crippen LogP contribution < -0.4 is 10.1 Å². The van der Waals surface area contributed by atoms with Crippen LogP contribution in [-0.4, -0.2) is 31.7 Å². The molecule has 1 N–H and O–H groups in total. The number of anilines is 1. The van der Waals surface area contributed by atoms with Crippen molar-refractivity contribution in [3.05, 3.63) is 24.3 Å². The molecule has 1 heterocycles. The summed E-state index contributed by atoms with van der Waals surface area (Å²) in [4.78, 5) is 0. The number of alkyl halides is 1. The van der Waals surface area contributed by atoms with Crippen LogP contribution in [0, 0.1) is 0 Å². The highest BCUT2D eigenvalue weighted by molar-refractivity contribution is 6.21. The first-order chi connectivity index (χ1) is 7.79. The predicted octanol–water partition coefficient (Wildman–Crippen LogP) is 2.50. The lowest BCUT2D eigenvalue weighted by atomic mass is 10.1. The van der Waals surface area contributed by atoms with Crippen molar-refractivity contribution in [3.8, 4) is 5.75 Å². The summed E-state index contributed by atoms with van der Waals surface area (Å²) in [5, 5.41) is 3.45. The second-order valence-electron chi connectivity index (χ2n) is 3.86. The van der Waals surface area contributed by atoms with Crippen molar-refractivity contribution >= 4 is 17.3 Å². The Labute approximate surface area is 101 Å². The number of hydrogen-bond donors (Lipinski definition) is 1. The predicted molar refractivity (Wildman–Crippen MR) is 65.5 cm³/mol. The van der Waals surface area contributed by atoms with Gasteiger partial charge >= 0.3 is 0 Å². The molecule has 0 amide bonds. The van der Waals surface area contributed by atoms with E-state index in [9.17, 15) is 0 Å². The zero-order chi connectivity index (χ0) is 11.4. The van der Waals surface area contributed by atoms with E-state index < -0.39 is 0 Å². The molecule has 1 aliphatic heterocycles. The number of methoxy groups -OCH3 is 1. The van der Waals surface area contributed by atoms with E-state index in [1.807, 2.05) is 24.3 Å². The standard InChI is InChI=1S/C12H16ClNO2/c1-15-10-4-2-9(3-5-10)14-12-6-7-16-8-11(12)13/h2-5,11-12,14H,6-8H2,1H3. The molecule has 4 heteroatoms. The number of halogens is 1. The summed E-state index contributed by atoms with van der Waals surface area (Å²) in [5.74, 6) is 0.861. The lowest BCUT2D eigenvalue weighted by Crippen LogP contribution is -2.38. The van der Waals surface area contributed by atoms with Gasteiger partial charge in [0.1, 0.15) is 5.75 Å². The van der Waals surface area contributed by atoms with Crippen LogP contribution in [0.3, 0.4) is 0 Å². The Balaban J connectivity index is 1.96. The molecular weight excluding hydrogens is 226 g/mol. The third-order valence-electron chi connectivity index (χ3n) is 2.73. The molecule has 1 aromatic carbocycles. The molecule has 1 aromatic rings. The lowest BCUT2D eigenvalue weighted by molar-refractivity contribution is 0.0935. The SMILES string of the molecule is COc1ccc(NC2CCOCC2Cl)cc1. The molecular formula is C12H16ClNO2. The number of rotatable bonds is 3. The summed E-state index contributed by atoms with van der Waals surface area (Å²) in [7, 11) is 1.66. The molecule has 0 aliphatic carbocycles. The monoisotopic (exact) mass is 241 g/mol. The molecule has 0 bridgehead atoms. The minimum absolute atomic E-state index is 0.0378. The van der Waals surface area contributed by atoms with Crippen molar-refractivity contribution in [2.24, 2.45) is 0 Å². The van der Waals surface area contributed by atoms with Crippen molar-refractivity contribution < 1.29 is 9.47 Å². The zero-order valence-electron chi connectivity index (χ0n) is 9.28. The first-order valence-corrected chi connectivity index (χ1v) is 5.85. The second-order valence-corrected chi connectivity index (χ2v) is 4.42. The molecule has 1 saturated heterocycles. The zero-order valence-corrected chi connectivity index (χ0v) is 10.0. The molecule has 16 heavy (non-hydrogen) atoms.